The average Bonchev–Trinajstić information content (AvgIpc) is 3.41. The number of hydrogen-bond acceptors (Lipinski definition) is 6. The van der Waals surface area contributed by atoms with Gasteiger partial charge in [0.1, 0.15) is 5.82 Å². The summed E-state index contributed by atoms with van der Waals surface area (Å²) in [5.74, 6) is -0.500. The largest absolute Gasteiger partial charge is 0.453 e. The number of nitrogens with zero attached hydrogens (tertiary/aromatic N) is 6. The van der Waals surface area contributed by atoms with E-state index in [1.165, 1.54) is 10.4 Å². The van der Waals surface area contributed by atoms with E-state index in [0.29, 0.717) is 25.5 Å². The second kappa shape index (κ2) is 6.83. The van der Waals surface area contributed by atoms with Crippen molar-refractivity contribution in [2.24, 2.45) is 5.92 Å². The molecule has 1 saturated heterocycles. The molecule has 0 bridgehead atoms. The Kier molecular flexibility index (Phi) is 4.73. The molecule has 154 valence electrons. The number of hydrogen-bond donors (Lipinski definition) is 0. The first-order valence-corrected chi connectivity index (χ1v) is 10.7. The molecule has 0 unspecified atom stereocenters. The van der Waals surface area contributed by atoms with Crippen LogP contribution >= 0.6 is 0 Å². The topological polar surface area (TPSA) is 83.7 Å². The fourth-order valence-corrected chi connectivity index (χ4v) is 5.22. The molecule has 0 spiro atoms. The third kappa shape index (κ3) is 3.66. The summed E-state index contributed by atoms with van der Waals surface area (Å²) in [6, 6.07) is 3.10. The third-order valence-corrected chi connectivity index (χ3v) is 7.67. The van der Waals surface area contributed by atoms with Crippen molar-refractivity contribution >= 4 is 21.5 Å². The number of sulfonamides is 1. The summed E-state index contributed by atoms with van der Waals surface area (Å²) in [5, 5.41) is 10.5. The van der Waals surface area contributed by atoms with Crippen LogP contribution in [0, 0.1) is 5.92 Å². The maximum Gasteiger partial charge on any atom is 0.453 e. The van der Waals surface area contributed by atoms with Gasteiger partial charge in [-0.1, -0.05) is 0 Å². The first-order chi connectivity index (χ1) is 13.2. The number of aromatic nitrogens is 4. The van der Waals surface area contributed by atoms with Crippen molar-refractivity contribution < 1.29 is 21.6 Å². The van der Waals surface area contributed by atoms with Crippen LogP contribution in [0.15, 0.2) is 12.1 Å². The van der Waals surface area contributed by atoms with E-state index in [-0.39, 0.29) is 16.8 Å². The first-order valence-electron chi connectivity index (χ1n) is 9.16. The van der Waals surface area contributed by atoms with Crippen LogP contribution in [0.3, 0.4) is 0 Å². The van der Waals surface area contributed by atoms with Gasteiger partial charge in [-0.2, -0.15) is 17.7 Å². The number of alkyl halides is 3. The highest BCUT2D eigenvalue weighted by Gasteiger charge is 2.40. The molecular formula is C16H21F3N6O2S. The summed E-state index contributed by atoms with van der Waals surface area (Å²) >= 11 is 0. The first kappa shape index (κ1) is 19.4. The SMILES string of the molecule is CN(CC1CCN(c2ccc3nnc(C(F)(F)F)n3n2)CC1)S(=O)(=O)C1CC1. The van der Waals surface area contributed by atoms with Crippen LogP contribution in [0.1, 0.15) is 31.5 Å². The zero-order valence-electron chi connectivity index (χ0n) is 15.3. The maximum atomic E-state index is 13.0. The minimum Gasteiger partial charge on any atom is -0.355 e. The molecule has 0 atom stereocenters. The second-order valence-corrected chi connectivity index (χ2v) is 9.76. The van der Waals surface area contributed by atoms with Gasteiger partial charge < -0.3 is 4.90 Å². The normalized spacial score (nSPS) is 19.7. The van der Waals surface area contributed by atoms with Crippen LogP contribution in [-0.2, 0) is 16.2 Å². The van der Waals surface area contributed by atoms with Crippen molar-refractivity contribution in [3.8, 4) is 0 Å². The van der Waals surface area contributed by atoms with Crippen LogP contribution in [0.2, 0.25) is 0 Å². The van der Waals surface area contributed by atoms with Crippen LogP contribution < -0.4 is 4.90 Å². The zero-order valence-corrected chi connectivity index (χ0v) is 16.1. The van der Waals surface area contributed by atoms with E-state index in [9.17, 15) is 21.6 Å². The average molecular weight is 418 g/mol. The van der Waals surface area contributed by atoms with E-state index in [0.717, 1.165) is 30.2 Å². The number of halogens is 3. The molecule has 3 heterocycles. The van der Waals surface area contributed by atoms with Crippen LogP contribution in [0.5, 0.6) is 0 Å². The van der Waals surface area contributed by atoms with E-state index in [1.54, 1.807) is 13.1 Å². The summed E-state index contributed by atoms with van der Waals surface area (Å²) in [5.41, 5.74) is 0.0397. The highest BCUT2D eigenvalue weighted by molar-refractivity contribution is 7.90. The lowest BCUT2D eigenvalue weighted by Crippen LogP contribution is -2.40. The van der Waals surface area contributed by atoms with Gasteiger partial charge in [0.15, 0.2) is 5.65 Å². The van der Waals surface area contributed by atoms with E-state index in [1.807, 2.05) is 4.90 Å². The predicted octanol–water partition coefficient (Wildman–Crippen LogP) is 1.78. The summed E-state index contributed by atoms with van der Waals surface area (Å²) in [7, 11) is -1.56. The Morgan fingerprint density at radius 2 is 1.82 bits per heavy atom. The van der Waals surface area contributed by atoms with Gasteiger partial charge in [0.05, 0.1) is 5.25 Å². The Hall–Kier alpha value is -1.95. The molecule has 2 aliphatic rings. The minimum absolute atomic E-state index is 0.0397. The zero-order chi connectivity index (χ0) is 20.1. The Labute approximate surface area is 160 Å². The van der Waals surface area contributed by atoms with E-state index in [4.69, 9.17) is 0 Å². The molecule has 2 fully saturated rings. The number of piperidine rings is 1. The van der Waals surface area contributed by atoms with E-state index < -0.39 is 22.0 Å². The summed E-state index contributed by atoms with van der Waals surface area (Å²) in [4.78, 5) is 1.91. The predicted molar refractivity (Wildman–Crippen MR) is 95.3 cm³/mol. The van der Waals surface area contributed by atoms with E-state index >= 15 is 0 Å². The molecule has 1 aliphatic carbocycles. The molecule has 28 heavy (non-hydrogen) atoms. The van der Waals surface area contributed by atoms with Crippen molar-refractivity contribution in [3.05, 3.63) is 18.0 Å². The highest BCUT2D eigenvalue weighted by atomic mass is 32.2. The Morgan fingerprint density at radius 3 is 2.43 bits per heavy atom. The molecule has 0 amide bonds. The van der Waals surface area contributed by atoms with E-state index in [2.05, 4.69) is 15.3 Å². The molecular weight excluding hydrogens is 397 g/mol. The van der Waals surface area contributed by atoms with Gasteiger partial charge in [-0.25, -0.2) is 12.7 Å². The summed E-state index contributed by atoms with van der Waals surface area (Å²) < 4.78 is 65.8. The lowest BCUT2D eigenvalue weighted by Gasteiger charge is -2.34. The third-order valence-electron chi connectivity index (χ3n) is 5.34. The van der Waals surface area contributed by atoms with Crippen LogP contribution in [0.25, 0.3) is 5.65 Å². The van der Waals surface area contributed by atoms with Crippen molar-refractivity contribution in [1.29, 1.82) is 0 Å². The van der Waals surface area contributed by atoms with Crippen LogP contribution in [0.4, 0.5) is 19.0 Å². The molecule has 4 rings (SSSR count). The molecule has 2 aromatic rings. The summed E-state index contributed by atoms with van der Waals surface area (Å²) in [6.07, 6.45) is -1.66. The fraction of sp³-hybridized carbons (Fsp3) is 0.688. The molecule has 0 N–H and O–H groups in total. The number of anilines is 1. The molecule has 2 aromatic heterocycles. The van der Waals surface area contributed by atoms with Gasteiger partial charge in [-0.05, 0) is 43.7 Å². The van der Waals surface area contributed by atoms with Gasteiger partial charge >= 0.3 is 6.18 Å². The second-order valence-electron chi connectivity index (χ2n) is 7.44. The quantitative estimate of drug-likeness (QED) is 0.736. The Balaban J connectivity index is 1.42. The van der Waals surface area contributed by atoms with Crippen molar-refractivity contribution in [1.82, 2.24) is 24.1 Å². The van der Waals surface area contributed by atoms with Gasteiger partial charge in [-0.15, -0.1) is 15.3 Å². The van der Waals surface area contributed by atoms with Crippen LogP contribution in [-0.4, -0.2) is 64.5 Å². The minimum atomic E-state index is -4.63. The lowest BCUT2D eigenvalue weighted by molar-refractivity contribution is -0.146. The number of fused-ring (bicyclic) bond motifs is 1. The molecule has 1 aliphatic heterocycles. The van der Waals surface area contributed by atoms with Gasteiger partial charge in [0, 0.05) is 26.7 Å². The van der Waals surface area contributed by atoms with Crippen molar-refractivity contribution in [2.45, 2.75) is 37.1 Å². The number of rotatable bonds is 5. The highest BCUT2D eigenvalue weighted by Crippen LogP contribution is 2.32. The Bertz CT molecular complexity index is 964. The Morgan fingerprint density at radius 1 is 1.14 bits per heavy atom. The molecule has 1 saturated carbocycles. The standard InChI is InChI=1S/C16H21F3N6O2S/c1-23(28(26,27)12-2-3-12)10-11-6-8-24(9-7-11)14-5-4-13-20-21-15(16(17,18)19)25(13)22-14/h4-5,11-12H,2-3,6-10H2,1H3. The van der Waals surface area contributed by atoms with Crippen molar-refractivity contribution in [2.75, 3.05) is 31.6 Å². The van der Waals surface area contributed by atoms with Gasteiger partial charge in [0.25, 0.3) is 5.82 Å². The molecule has 0 radical (unpaired) electrons. The van der Waals surface area contributed by atoms with Crippen molar-refractivity contribution in [3.63, 3.8) is 0 Å². The monoisotopic (exact) mass is 418 g/mol. The molecule has 0 aromatic carbocycles. The maximum absolute atomic E-state index is 13.0. The smallest absolute Gasteiger partial charge is 0.355 e. The summed E-state index contributed by atoms with van der Waals surface area (Å²) in [6.45, 7) is 1.68. The van der Waals surface area contributed by atoms with Gasteiger partial charge in [0.2, 0.25) is 10.0 Å². The lowest BCUT2D eigenvalue weighted by atomic mass is 9.97. The fourth-order valence-electron chi connectivity index (χ4n) is 3.56. The molecule has 8 nitrogen and oxygen atoms in total. The van der Waals surface area contributed by atoms with Gasteiger partial charge in [-0.3, -0.25) is 0 Å². The molecule has 12 heteroatoms.